The SMILES string of the molecule is O=C(O)CC1CCCN1Cc1cccc(O)c1Cl. The van der Waals surface area contributed by atoms with Crippen molar-refractivity contribution < 1.29 is 15.0 Å². The third-order valence-corrected chi connectivity index (χ3v) is 3.78. The first-order chi connectivity index (χ1) is 8.58. The van der Waals surface area contributed by atoms with Gasteiger partial charge in [0.2, 0.25) is 0 Å². The maximum atomic E-state index is 10.8. The van der Waals surface area contributed by atoms with Crippen LogP contribution in [0.15, 0.2) is 18.2 Å². The van der Waals surface area contributed by atoms with Crippen LogP contribution in [-0.4, -0.2) is 33.7 Å². The Bertz CT molecular complexity index is 450. The second-order valence-electron chi connectivity index (χ2n) is 4.61. The molecule has 0 aromatic heterocycles. The Morgan fingerprint density at radius 2 is 2.28 bits per heavy atom. The van der Waals surface area contributed by atoms with Gasteiger partial charge in [0.15, 0.2) is 0 Å². The number of likely N-dealkylation sites (tertiary alicyclic amines) is 1. The van der Waals surface area contributed by atoms with Crippen LogP contribution in [0.5, 0.6) is 5.75 Å². The van der Waals surface area contributed by atoms with Crippen molar-refractivity contribution in [3.63, 3.8) is 0 Å². The van der Waals surface area contributed by atoms with Gasteiger partial charge < -0.3 is 10.2 Å². The van der Waals surface area contributed by atoms with Crippen molar-refractivity contribution in [2.45, 2.75) is 31.8 Å². The number of aromatic hydroxyl groups is 1. The van der Waals surface area contributed by atoms with Crippen molar-refractivity contribution in [1.29, 1.82) is 0 Å². The molecule has 0 aliphatic carbocycles. The molecule has 1 heterocycles. The minimum atomic E-state index is -0.770. The Kier molecular flexibility index (Phi) is 4.09. The van der Waals surface area contributed by atoms with Gasteiger partial charge in [-0.05, 0) is 31.0 Å². The molecular weight excluding hydrogens is 254 g/mol. The van der Waals surface area contributed by atoms with Gasteiger partial charge in [-0.15, -0.1) is 0 Å². The molecule has 0 saturated carbocycles. The van der Waals surface area contributed by atoms with Crippen LogP contribution in [0, 0.1) is 0 Å². The predicted octanol–water partition coefficient (Wildman–Crippen LogP) is 2.48. The Morgan fingerprint density at radius 3 is 3.00 bits per heavy atom. The molecule has 4 nitrogen and oxygen atoms in total. The van der Waals surface area contributed by atoms with Crippen LogP contribution < -0.4 is 0 Å². The number of carboxylic acids is 1. The number of nitrogens with zero attached hydrogens (tertiary/aromatic N) is 1. The zero-order chi connectivity index (χ0) is 13.1. The van der Waals surface area contributed by atoms with Crippen molar-refractivity contribution in [3.8, 4) is 5.75 Å². The number of rotatable bonds is 4. The van der Waals surface area contributed by atoms with E-state index in [4.69, 9.17) is 16.7 Å². The molecule has 2 N–H and O–H groups in total. The average molecular weight is 270 g/mol. The van der Waals surface area contributed by atoms with Gasteiger partial charge in [0.25, 0.3) is 0 Å². The van der Waals surface area contributed by atoms with Gasteiger partial charge in [-0.1, -0.05) is 23.7 Å². The lowest BCUT2D eigenvalue weighted by Crippen LogP contribution is -2.30. The molecule has 1 unspecified atom stereocenters. The van der Waals surface area contributed by atoms with Crippen molar-refractivity contribution in [3.05, 3.63) is 28.8 Å². The van der Waals surface area contributed by atoms with E-state index in [9.17, 15) is 9.90 Å². The summed E-state index contributed by atoms with van der Waals surface area (Å²) in [7, 11) is 0. The first-order valence-corrected chi connectivity index (χ1v) is 6.38. The second kappa shape index (κ2) is 5.59. The molecule has 98 valence electrons. The van der Waals surface area contributed by atoms with E-state index in [0.717, 1.165) is 24.9 Å². The normalized spacial score (nSPS) is 20.2. The molecule has 1 aliphatic rings. The summed E-state index contributed by atoms with van der Waals surface area (Å²) in [4.78, 5) is 12.9. The standard InChI is InChI=1S/C13H16ClNO3/c14-13-9(3-1-5-11(13)16)8-15-6-2-4-10(15)7-12(17)18/h1,3,5,10,16H,2,4,6-8H2,(H,17,18). The average Bonchev–Trinajstić information content (AvgIpc) is 2.72. The quantitative estimate of drug-likeness (QED) is 0.882. The van der Waals surface area contributed by atoms with Gasteiger partial charge in [0, 0.05) is 12.6 Å². The van der Waals surface area contributed by atoms with Crippen LogP contribution in [0.1, 0.15) is 24.8 Å². The van der Waals surface area contributed by atoms with Crippen LogP contribution in [0.25, 0.3) is 0 Å². The molecule has 1 aromatic carbocycles. The molecule has 0 amide bonds. The number of hydrogen-bond acceptors (Lipinski definition) is 3. The largest absolute Gasteiger partial charge is 0.506 e. The molecule has 0 bridgehead atoms. The number of hydrogen-bond donors (Lipinski definition) is 2. The Morgan fingerprint density at radius 1 is 1.50 bits per heavy atom. The number of aliphatic carboxylic acids is 1. The molecule has 1 saturated heterocycles. The molecule has 0 spiro atoms. The molecule has 18 heavy (non-hydrogen) atoms. The number of carbonyl (C=O) groups is 1. The third kappa shape index (κ3) is 2.94. The summed E-state index contributed by atoms with van der Waals surface area (Å²) >= 11 is 6.03. The lowest BCUT2D eigenvalue weighted by molar-refractivity contribution is -0.138. The lowest BCUT2D eigenvalue weighted by Gasteiger charge is -2.23. The summed E-state index contributed by atoms with van der Waals surface area (Å²) < 4.78 is 0. The van der Waals surface area contributed by atoms with Crippen LogP contribution in [0.2, 0.25) is 5.02 Å². The Labute approximate surface area is 111 Å². The number of phenols is 1. The number of carboxylic acid groups (broad SMARTS) is 1. The van der Waals surface area contributed by atoms with E-state index in [0.29, 0.717) is 11.6 Å². The van der Waals surface area contributed by atoms with Crippen LogP contribution in [0.3, 0.4) is 0 Å². The number of phenolic OH excluding ortho intramolecular Hbond substituents is 1. The van der Waals surface area contributed by atoms with E-state index >= 15 is 0 Å². The maximum Gasteiger partial charge on any atom is 0.304 e. The van der Waals surface area contributed by atoms with Gasteiger partial charge in [0.1, 0.15) is 5.75 Å². The Balaban J connectivity index is 2.08. The molecule has 1 atom stereocenters. The van der Waals surface area contributed by atoms with Crippen LogP contribution in [-0.2, 0) is 11.3 Å². The Hall–Kier alpha value is -1.26. The van der Waals surface area contributed by atoms with E-state index in [2.05, 4.69) is 4.90 Å². The third-order valence-electron chi connectivity index (χ3n) is 3.34. The summed E-state index contributed by atoms with van der Waals surface area (Å²) in [5, 5.41) is 18.8. The van der Waals surface area contributed by atoms with Gasteiger partial charge in [0.05, 0.1) is 11.4 Å². The molecule has 5 heteroatoms. The highest BCUT2D eigenvalue weighted by Crippen LogP contribution is 2.30. The summed E-state index contributed by atoms with van der Waals surface area (Å²) in [5.41, 5.74) is 0.842. The highest BCUT2D eigenvalue weighted by atomic mass is 35.5. The number of benzene rings is 1. The molecule has 1 aliphatic heterocycles. The molecule has 0 radical (unpaired) electrons. The minimum Gasteiger partial charge on any atom is -0.506 e. The van der Waals surface area contributed by atoms with Crippen LogP contribution in [0.4, 0.5) is 0 Å². The minimum absolute atomic E-state index is 0.0703. The summed E-state index contributed by atoms with van der Waals surface area (Å²) in [5.74, 6) is -0.697. The first kappa shape index (κ1) is 13.2. The topological polar surface area (TPSA) is 60.8 Å². The summed E-state index contributed by atoms with van der Waals surface area (Å²) in [6.07, 6.45) is 2.08. The van der Waals surface area contributed by atoms with Crippen molar-refractivity contribution in [1.82, 2.24) is 4.90 Å². The van der Waals surface area contributed by atoms with Gasteiger partial charge in [-0.2, -0.15) is 0 Å². The van der Waals surface area contributed by atoms with E-state index in [1.807, 2.05) is 6.07 Å². The first-order valence-electron chi connectivity index (χ1n) is 6.00. The number of halogens is 1. The fraction of sp³-hybridized carbons (Fsp3) is 0.462. The highest BCUT2D eigenvalue weighted by Gasteiger charge is 2.27. The predicted molar refractivity (Wildman–Crippen MR) is 68.8 cm³/mol. The molecule has 1 aromatic rings. The maximum absolute atomic E-state index is 10.8. The van der Waals surface area contributed by atoms with Gasteiger partial charge in [-0.25, -0.2) is 0 Å². The van der Waals surface area contributed by atoms with E-state index in [1.54, 1.807) is 12.1 Å². The van der Waals surface area contributed by atoms with Gasteiger partial charge in [-0.3, -0.25) is 9.69 Å². The fourth-order valence-electron chi connectivity index (χ4n) is 2.44. The van der Waals surface area contributed by atoms with Crippen LogP contribution >= 0.6 is 11.6 Å². The highest BCUT2D eigenvalue weighted by molar-refractivity contribution is 6.32. The van der Waals surface area contributed by atoms with Gasteiger partial charge >= 0.3 is 5.97 Å². The summed E-state index contributed by atoms with van der Waals surface area (Å²) in [6, 6.07) is 5.22. The van der Waals surface area contributed by atoms with E-state index in [-0.39, 0.29) is 18.2 Å². The second-order valence-corrected chi connectivity index (χ2v) is 4.99. The fourth-order valence-corrected chi connectivity index (χ4v) is 2.63. The molecule has 2 rings (SSSR count). The van der Waals surface area contributed by atoms with E-state index < -0.39 is 5.97 Å². The smallest absolute Gasteiger partial charge is 0.304 e. The monoisotopic (exact) mass is 269 g/mol. The van der Waals surface area contributed by atoms with Crippen molar-refractivity contribution in [2.75, 3.05) is 6.54 Å². The van der Waals surface area contributed by atoms with E-state index in [1.165, 1.54) is 0 Å². The van der Waals surface area contributed by atoms with Crippen molar-refractivity contribution in [2.24, 2.45) is 0 Å². The summed E-state index contributed by atoms with van der Waals surface area (Å²) in [6.45, 7) is 1.47. The molecule has 1 fully saturated rings. The zero-order valence-electron chi connectivity index (χ0n) is 9.97. The lowest BCUT2D eigenvalue weighted by atomic mass is 10.1. The molecular formula is C13H16ClNO3. The zero-order valence-corrected chi connectivity index (χ0v) is 10.7. The van der Waals surface area contributed by atoms with Crippen molar-refractivity contribution >= 4 is 17.6 Å².